The number of rotatable bonds is 24. The van der Waals surface area contributed by atoms with Gasteiger partial charge in [0.2, 0.25) is 0 Å². The van der Waals surface area contributed by atoms with E-state index in [0.717, 1.165) is 12.8 Å². The summed E-state index contributed by atoms with van der Waals surface area (Å²) in [6, 6.07) is 4.89. The molecular weight excluding hydrogens is 625 g/mol. The van der Waals surface area contributed by atoms with E-state index in [-0.39, 0.29) is 29.6 Å². The van der Waals surface area contributed by atoms with E-state index in [1.54, 1.807) is 6.07 Å². The van der Waals surface area contributed by atoms with Gasteiger partial charge < -0.3 is 29.9 Å². The third-order valence-corrected chi connectivity index (χ3v) is 9.48. The van der Waals surface area contributed by atoms with Crippen molar-refractivity contribution in [1.29, 1.82) is 5.26 Å². The van der Waals surface area contributed by atoms with E-state index >= 15 is 0 Å². The lowest BCUT2D eigenvalue weighted by molar-refractivity contribution is -0.0256. The van der Waals surface area contributed by atoms with Gasteiger partial charge in [-0.2, -0.15) is 10.4 Å². The lowest BCUT2D eigenvalue weighted by Gasteiger charge is -2.23. The van der Waals surface area contributed by atoms with Crippen molar-refractivity contribution >= 4 is 19.2 Å². The Hall–Kier alpha value is -2.72. The van der Waals surface area contributed by atoms with Crippen LogP contribution in [0, 0.1) is 11.3 Å². The van der Waals surface area contributed by atoms with Crippen LogP contribution < -0.4 is 5.73 Å². The van der Waals surface area contributed by atoms with Gasteiger partial charge in [-0.3, -0.25) is 9.42 Å². The Balaban J connectivity index is 1.28. The van der Waals surface area contributed by atoms with Gasteiger partial charge in [0.05, 0.1) is 6.61 Å². The van der Waals surface area contributed by atoms with E-state index < -0.39 is 25.6 Å². The Morgan fingerprint density at radius 1 is 0.979 bits per heavy atom. The van der Waals surface area contributed by atoms with Gasteiger partial charge in [0.15, 0.2) is 11.6 Å². The molecule has 3 rings (SSSR count). The molecule has 3 heterocycles. The molecule has 1 unspecified atom stereocenters. The topological polar surface area (TPSA) is 195 Å². The van der Waals surface area contributed by atoms with Crippen LogP contribution in [0.2, 0.25) is 0 Å². The fraction of sp³-hybridized carbons (Fsp3) is 0.727. The van der Waals surface area contributed by atoms with Crippen molar-refractivity contribution in [3.05, 3.63) is 35.7 Å². The number of nitrogens with zero attached hydrogens (tertiary/aromatic N) is 4. The molecule has 0 radical (unpaired) electrons. The standard InChI is InChI=1S/C33H54N5O8P/c1-3-4-5-6-7-8-9-10-11-12-13-14-15-16-21-43-22-17-18-23-44-47(41,42)46-26(2)30-29(39)31(40)33(24-34,45-30)28-20-19-27-32(35)36-25-37-38(27)28/h19-20,25,29,31,39-40H,3-18,21-23H2,1-2H3,(H,41,42)(H2,35,36,37)/b30-26+/t29-,31-,33+/m1/s1. The fourth-order valence-electron chi connectivity index (χ4n) is 5.76. The van der Waals surface area contributed by atoms with Crippen LogP contribution in [0.1, 0.15) is 122 Å². The summed E-state index contributed by atoms with van der Waals surface area (Å²) in [5.41, 5.74) is 4.20. The number of aromatic nitrogens is 3. The Kier molecular flexibility index (Phi) is 16.4. The van der Waals surface area contributed by atoms with Gasteiger partial charge in [0.1, 0.15) is 41.6 Å². The van der Waals surface area contributed by atoms with Crippen molar-refractivity contribution in [2.75, 3.05) is 25.6 Å². The average Bonchev–Trinajstić information content (AvgIpc) is 3.60. The Bertz CT molecular complexity index is 1350. The number of phosphoric ester groups is 1. The van der Waals surface area contributed by atoms with Crippen LogP contribution >= 0.6 is 7.82 Å². The van der Waals surface area contributed by atoms with Gasteiger partial charge in [0.25, 0.3) is 5.60 Å². The number of anilines is 1. The second kappa shape index (κ2) is 19.9. The minimum atomic E-state index is -4.59. The number of aliphatic hydroxyl groups is 2. The number of hydrogen-bond acceptors (Lipinski definition) is 11. The number of allylic oxidation sites excluding steroid dienone is 1. The summed E-state index contributed by atoms with van der Waals surface area (Å²) >= 11 is 0. The van der Waals surface area contributed by atoms with E-state index in [4.69, 9.17) is 24.3 Å². The number of unbranched alkanes of at least 4 members (excludes halogenated alkanes) is 14. The molecule has 1 aliphatic heterocycles. The van der Waals surface area contributed by atoms with E-state index in [1.807, 2.05) is 6.07 Å². The molecule has 0 spiro atoms. The largest absolute Gasteiger partial charge is 0.527 e. The highest BCUT2D eigenvalue weighted by Gasteiger charge is 2.57. The number of aliphatic hydroxyl groups excluding tert-OH is 2. The molecule has 47 heavy (non-hydrogen) atoms. The summed E-state index contributed by atoms with van der Waals surface area (Å²) in [5, 5.41) is 35.7. The molecule has 2 aromatic rings. The lowest BCUT2D eigenvalue weighted by atomic mass is 9.93. The van der Waals surface area contributed by atoms with Crippen molar-refractivity contribution < 1.29 is 38.2 Å². The van der Waals surface area contributed by atoms with Gasteiger partial charge in [-0.25, -0.2) is 14.1 Å². The molecule has 0 bridgehead atoms. The fourth-order valence-corrected chi connectivity index (χ4v) is 6.60. The first kappa shape index (κ1) is 38.7. The highest BCUT2D eigenvalue weighted by Crippen LogP contribution is 2.49. The van der Waals surface area contributed by atoms with Crippen LogP contribution in [0.15, 0.2) is 30.0 Å². The van der Waals surface area contributed by atoms with Crippen LogP contribution in [-0.2, 0) is 28.7 Å². The molecule has 13 nitrogen and oxygen atoms in total. The second-order valence-corrected chi connectivity index (χ2v) is 13.6. The third kappa shape index (κ3) is 11.4. The molecule has 2 aromatic heterocycles. The average molecular weight is 680 g/mol. The number of hydrogen-bond donors (Lipinski definition) is 4. The summed E-state index contributed by atoms with van der Waals surface area (Å²) in [5.74, 6) is -0.561. The number of nitrogen functional groups attached to an aromatic ring is 1. The van der Waals surface area contributed by atoms with Crippen molar-refractivity contribution in [2.45, 2.75) is 134 Å². The monoisotopic (exact) mass is 679 g/mol. The molecular formula is C33H54N5O8P. The molecule has 5 N–H and O–H groups in total. The minimum absolute atomic E-state index is 0.0515. The zero-order valence-electron chi connectivity index (χ0n) is 28.0. The SMILES string of the molecule is CCCCCCCCCCCCCCCCOCCCCOP(=O)(O)O/C(C)=C1/O[C@@](C#N)(c2ccc3c(N)ncnn23)[C@H](O)[C@@H]1O. The third-order valence-electron chi connectivity index (χ3n) is 8.46. The smallest absolute Gasteiger partial charge is 0.461 e. The van der Waals surface area contributed by atoms with Crippen molar-refractivity contribution in [3.63, 3.8) is 0 Å². The van der Waals surface area contributed by atoms with Crippen LogP contribution in [0.3, 0.4) is 0 Å². The number of fused-ring (bicyclic) bond motifs is 1. The summed E-state index contributed by atoms with van der Waals surface area (Å²) in [6.45, 7) is 4.70. The van der Waals surface area contributed by atoms with Gasteiger partial charge in [0, 0.05) is 13.2 Å². The summed E-state index contributed by atoms with van der Waals surface area (Å²) in [7, 11) is -4.59. The predicted octanol–water partition coefficient (Wildman–Crippen LogP) is 6.43. The number of ether oxygens (including phenoxy) is 2. The van der Waals surface area contributed by atoms with Gasteiger partial charge in [-0.05, 0) is 38.3 Å². The molecule has 14 heteroatoms. The maximum atomic E-state index is 12.6. The van der Waals surface area contributed by atoms with Crippen LogP contribution in [0.5, 0.6) is 0 Å². The maximum Gasteiger partial charge on any atom is 0.527 e. The zero-order chi connectivity index (χ0) is 34.1. The molecule has 0 aliphatic carbocycles. The molecule has 4 atom stereocenters. The normalized spacial score (nSPS) is 21.8. The van der Waals surface area contributed by atoms with Gasteiger partial charge in [-0.1, -0.05) is 90.4 Å². The molecule has 1 fully saturated rings. The first-order valence-electron chi connectivity index (χ1n) is 17.2. The Morgan fingerprint density at radius 3 is 2.13 bits per heavy atom. The quantitative estimate of drug-likeness (QED) is 0.0540. The first-order valence-corrected chi connectivity index (χ1v) is 18.7. The van der Waals surface area contributed by atoms with Gasteiger partial charge >= 0.3 is 7.82 Å². The zero-order valence-corrected chi connectivity index (χ0v) is 28.9. The predicted molar refractivity (Wildman–Crippen MR) is 178 cm³/mol. The molecule has 1 saturated heterocycles. The minimum Gasteiger partial charge on any atom is -0.461 e. The molecule has 264 valence electrons. The summed E-state index contributed by atoms with van der Waals surface area (Å²) < 4.78 is 35.5. The number of phosphoric acid groups is 1. The molecule has 0 aromatic carbocycles. The van der Waals surface area contributed by atoms with Gasteiger partial charge in [-0.15, -0.1) is 0 Å². The second-order valence-electron chi connectivity index (χ2n) is 12.2. The Morgan fingerprint density at radius 2 is 1.53 bits per heavy atom. The van der Waals surface area contributed by atoms with Crippen molar-refractivity contribution in [3.8, 4) is 6.07 Å². The Labute approximate surface area is 278 Å². The summed E-state index contributed by atoms with van der Waals surface area (Å²) in [4.78, 5) is 14.1. The van der Waals surface area contributed by atoms with E-state index in [0.29, 0.717) is 31.6 Å². The highest BCUT2D eigenvalue weighted by molar-refractivity contribution is 7.47. The summed E-state index contributed by atoms with van der Waals surface area (Å²) in [6.07, 6.45) is 17.1. The molecule has 1 aliphatic rings. The van der Waals surface area contributed by atoms with E-state index in [9.17, 15) is 24.9 Å². The first-order chi connectivity index (χ1) is 22.7. The van der Waals surface area contributed by atoms with Crippen LogP contribution in [-0.4, -0.2) is 61.7 Å². The van der Waals surface area contributed by atoms with E-state index in [1.165, 1.54) is 101 Å². The lowest BCUT2D eigenvalue weighted by Crippen LogP contribution is -2.40. The number of nitrogens with two attached hydrogens (primary N) is 1. The van der Waals surface area contributed by atoms with Crippen molar-refractivity contribution in [1.82, 2.24) is 14.6 Å². The highest BCUT2D eigenvalue weighted by atomic mass is 31.2. The van der Waals surface area contributed by atoms with Crippen LogP contribution in [0.4, 0.5) is 5.82 Å². The number of nitriles is 1. The maximum absolute atomic E-state index is 12.6. The molecule has 0 amide bonds. The van der Waals surface area contributed by atoms with Crippen LogP contribution in [0.25, 0.3) is 5.52 Å². The van der Waals surface area contributed by atoms with E-state index in [2.05, 4.69) is 17.0 Å². The van der Waals surface area contributed by atoms with Crippen molar-refractivity contribution in [2.24, 2.45) is 0 Å². The molecule has 0 saturated carbocycles.